The summed E-state index contributed by atoms with van der Waals surface area (Å²) in [5, 5.41) is 8.18. The molecule has 0 radical (unpaired) electrons. The fourth-order valence-electron chi connectivity index (χ4n) is 3.50. The lowest BCUT2D eigenvalue weighted by molar-refractivity contribution is -0.0190. The van der Waals surface area contributed by atoms with E-state index in [-0.39, 0.29) is 12.3 Å². The van der Waals surface area contributed by atoms with Crippen molar-refractivity contribution in [2.24, 2.45) is 5.10 Å². The molecule has 0 N–H and O–H groups in total. The number of furan rings is 1. The molecule has 0 bridgehead atoms. The molecule has 2 atom stereocenters. The third-order valence-electron chi connectivity index (χ3n) is 4.71. The standard InChI is InChI=1S/C20H14Cl2N2O2/c21-13-5-3-12(4-6-13)20-24-17(11-16(23-24)19-2-1-9-25-19)15-10-14(22)7-8-18(15)26-20/h1-10,17,20H,11H2/t17-,20-/m0/s1. The third kappa shape index (κ3) is 2.57. The van der Waals surface area contributed by atoms with E-state index in [4.69, 9.17) is 37.5 Å². The van der Waals surface area contributed by atoms with Gasteiger partial charge in [0.2, 0.25) is 6.23 Å². The van der Waals surface area contributed by atoms with Gasteiger partial charge in [-0.2, -0.15) is 5.10 Å². The number of halogens is 2. The lowest BCUT2D eigenvalue weighted by Crippen LogP contribution is -2.33. The minimum absolute atomic E-state index is 0.0400. The minimum Gasteiger partial charge on any atom is -0.464 e. The first-order valence-electron chi connectivity index (χ1n) is 8.30. The molecule has 0 spiro atoms. The first-order chi connectivity index (χ1) is 12.7. The molecule has 0 saturated heterocycles. The number of fused-ring (bicyclic) bond motifs is 3. The molecule has 0 saturated carbocycles. The average Bonchev–Trinajstić information content (AvgIpc) is 3.32. The summed E-state index contributed by atoms with van der Waals surface area (Å²) >= 11 is 12.3. The summed E-state index contributed by atoms with van der Waals surface area (Å²) in [5.41, 5.74) is 2.92. The number of hydrazone groups is 1. The summed E-state index contributed by atoms with van der Waals surface area (Å²) in [6.45, 7) is 0. The van der Waals surface area contributed by atoms with Crippen LogP contribution in [0.2, 0.25) is 10.0 Å². The van der Waals surface area contributed by atoms with Gasteiger partial charge in [-0.1, -0.05) is 35.3 Å². The molecule has 3 aromatic rings. The van der Waals surface area contributed by atoms with Crippen molar-refractivity contribution in [3.8, 4) is 5.75 Å². The summed E-state index contributed by atoms with van der Waals surface area (Å²) in [6, 6.07) is 17.2. The largest absolute Gasteiger partial charge is 0.464 e. The van der Waals surface area contributed by atoms with Crippen LogP contribution >= 0.6 is 23.2 Å². The molecular formula is C20H14Cl2N2O2. The van der Waals surface area contributed by atoms with Gasteiger partial charge in [0.1, 0.15) is 17.2 Å². The van der Waals surface area contributed by atoms with Crippen LogP contribution in [0.5, 0.6) is 5.75 Å². The van der Waals surface area contributed by atoms with Gasteiger partial charge in [-0.15, -0.1) is 0 Å². The van der Waals surface area contributed by atoms with Crippen LogP contribution in [-0.2, 0) is 0 Å². The van der Waals surface area contributed by atoms with Gasteiger partial charge in [0.25, 0.3) is 0 Å². The van der Waals surface area contributed by atoms with Gasteiger partial charge in [-0.3, -0.25) is 0 Å². The Bertz CT molecular complexity index is 984. The second-order valence-electron chi connectivity index (χ2n) is 6.33. The van der Waals surface area contributed by atoms with Crippen LogP contribution in [0.3, 0.4) is 0 Å². The zero-order chi connectivity index (χ0) is 17.7. The highest BCUT2D eigenvalue weighted by Crippen LogP contribution is 2.48. The summed E-state index contributed by atoms with van der Waals surface area (Å²) in [4.78, 5) is 0. The minimum atomic E-state index is -0.335. The van der Waals surface area contributed by atoms with Crippen molar-refractivity contribution in [1.82, 2.24) is 5.01 Å². The molecule has 2 aliphatic rings. The number of nitrogens with zero attached hydrogens (tertiary/aromatic N) is 2. The smallest absolute Gasteiger partial charge is 0.213 e. The van der Waals surface area contributed by atoms with E-state index in [1.165, 1.54) is 0 Å². The molecule has 0 fully saturated rings. The highest BCUT2D eigenvalue weighted by atomic mass is 35.5. The van der Waals surface area contributed by atoms with Crippen LogP contribution in [0.4, 0.5) is 0 Å². The monoisotopic (exact) mass is 384 g/mol. The van der Waals surface area contributed by atoms with Gasteiger partial charge in [0, 0.05) is 27.6 Å². The number of rotatable bonds is 2. The number of hydrogen-bond acceptors (Lipinski definition) is 4. The van der Waals surface area contributed by atoms with E-state index in [0.29, 0.717) is 10.0 Å². The molecule has 0 aliphatic carbocycles. The molecule has 1 aromatic heterocycles. The van der Waals surface area contributed by atoms with Crippen molar-refractivity contribution in [2.75, 3.05) is 0 Å². The molecule has 4 nitrogen and oxygen atoms in total. The fraction of sp³-hybridized carbons (Fsp3) is 0.150. The van der Waals surface area contributed by atoms with E-state index >= 15 is 0 Å². The van der Waals surface area contributed by atoms with E-state index in [2.05, 4.69) is 0 Å². The fourth-order valence-corrected chi connectivity index (χ4v) is 3.80. The number of ether oxygens (including phenoxy) is 1. The molecule has 2 aromatic carbocycles. The summed E-state index contributed by atoms with van der Waals surface area (Å²) in [5.74, 6) is 1.60. The van der Waals surface area contributed by atoms with Gasteiger partial charge in [0.05, 0.1) is 12.3 Å². The third-order valence-corrected chi connectivity index (χ3v) is 5.20. The lowest BCUT2D eigenvalue weighted by atomic mass is 9.97. The SMILES string of the molecule is Clc1ccc([C@@H]2Oc3ccc(Cl)cc3[C@@H]3CC(c4ccco4)=NN32)cc1. The topological polar surface area (TPSA) is 38.0 Å². The summed E-state index contributed by atoms with van der Waals surface area (Å²) < 4.78 is 11.8. The lowest BCUT2D eigenvalue weighted by Gasteiger charge is -2.38. The van der Waals surface area contributed by atoms with Crippen molar-refractivity contribution < 1.29 is 9.15 Å². The Hall–Kier alpha value is -2.43. The van der Waals surface area contributed by atoms with Gasteiger partial charge in [-0.05, 0) is 42.5 Å². The van der Waals surface area contributed by atoms with Crippen LogP contribution in [0, 0.1) is 0 Å². The van der Waals surface area contributed by atoms with Gasteiger partial charge < -0.3 is 9.15 Å². The molecule has 0 unspecified atom stereocenters. The van der Waals surface area contributed by atoms with Gasteiger partial charge in [0.15, 0.2) is 0 Å². The van der Waals surface area contributed by atoms with E-state index in [0.717, 1.165) is 34.8 Å². The quantitative estimate of drug-likeness (QED) is 0.557. The van der Waals surface area contributed by atoms with Crippen LogP contribution < -0.4 is 4.74 Å². The first-order valence-corrected chi connectivity index (χ1v) is 9.06. The predicted molar refractivity (Wildman–Crippen MR) is 101 cm³/mol. The Morgan fingerprint density at radius 2 is 1.81 bits per heavy atom. The second kappa shape index (κ2) is 6.08. The van der Waals surface area contributed by atoms with Crippen LogP contribution in [0.15, 0.2) is 70.4 Å². The van der Waals surface area contributed by atoms with Crippen LogP contribution in [-0.4, -0.2) is 10.7 Å². The zero-order valence-corrected chi connectivity index (χ0v) is 15.1. The maximum absolute atomic E-state index is 6.28. The molecular weight excluding hydrogens is 371 g/mol. The van der Waals surface area contributed by atoms with E-state index < -0.39 is 0 Å². The average molecular weight is 385 g/mol. The Balaban J connectivity index is 1.61. The maximum atomic E-state index is 6.28. The van der Waals surface area contributed by atoms with E-state index in [1.807, 2.05) is 59.6 Å². The van der Waals surface area contributed by atoms with Crippen molar-refractivity contribution >= 4 is 28.9 Å². The molecule has 130 valence electrons. The van der Waals surface area contributed by atoms with Gasteiger partial charge >= 0.3 is 0 Å². The number of hydrogen-bond donors (Lipinski definition) is 0. The Morgan fingerprint density at radius 1 is 1.00 bits per heavy atom. The molecule has 2 aliphatic heterocycles. The molecule has 0 amide bonds. The van der Waals surface area contributed by atoms with Crippen molar-refractivity contribution in [3.05, 3.63) is 87.8 Å². The molecule has 5 rings (SSSR count). The first kappa shape index (κ1) is 15.8. The van der Waals surface area contributed by atoms with Crippen LogP contribution in [0.25, 0.3) is 0 Å². The predicted octanol–water partition coefficient (Wildman–Crippen LogP) is 5.83. The molecule has 6 heteroatoms. The highest BCUT2D eigenvalue weighted by Gasteiger charge is 2.41. The van der Waals surface area contributed by atoms with Crippen LogP contribution in [0.1, 0.15) is 35.6 Å². The van der Waals surface area contributed by atoms with E-state index in [1.54, 1.807) is 6.26 Å². The molecule has 3 heterocycles. The number of benzene rings is 2. The Labute approximate surface area is 160 Å². The van der Waals surface area contributed by atoms with E-state index in [9.17, 15) is 0 Å². The van der Waals surface area contributed by atoms with Crippen molar-refractivity contribution in [2.45, 2.75) is 18.7 Å². The van der Waals surface area contributed by atoms with Gasteiger partial charge in [-0.25, -0.2) is 5.01 Å². The summed E-state index contributed by atoms with van der Waals surface area (Å²) in [7, 11) is 0. The normalized spacial score (nSPS) is 21.0. The summed E-state index contributed by atoms with van der Waals surface area (Å²) in [6.07, 6.45) is 2.06. The van der Waals surface area contributed by atoms with Crippen molar-refractivity contribution in [1.29, 1.82) is 0 Å². The van der Waals surface area contributed by atoms with Crippen molar-refractivity contribution in [3.63, 3.8) is 0 Å². The second-order valence-corrected chi connectivity index (χ2v) is 7.20. The Morgan fingerprint density at radius 3 is 2.58 bits per heavy atom. The highest BCUT2D eigenvalue weighted by molar-refractivity contribution is 6.30. The Kier molecular flexibility index (Phi) is 3.69. The maximum Gasteiger partial charge on any atom is 0.213 e. The zero-order valence-electron chi connectivity index (χ0n) is 13.6. The molecule has 26 heavy (non-hydrogen) atoms.